The summed E-state index contributed by atoms with van der Waals surface area (Å²) in [7, 11) is 0. The first-order valence-corrected chi connectivity index (χ1v) is 9.39. The number of aromatic nitrogens is 2. The molecule has 0 radical (unpaired) electrons. The predicted molar refractivity (Wildman–Crippen MR) is 98.7 cm³/mol. The van der Waals surface area contributed by atoms with E-state index in [-0.39, 0.29) is 29.9 Å². The molecule has 7 nitrogen and oxygen atoms in total. The number of pyridine rings is 1. The van der Waals surface area contributed by atoms with E-state index in [4.69, 9.17) is 9.47 Å². The van der Waals surface area contributed by atoms with E-state index in [0.717, 1.165) is 5.65 Å². The van der Waals surface area contributed by atoms with Crippen LogP contribution in [0.4, 0.5) is 4.79 Å². The third-order valence-corrected chi connectivity index (χ3v) is 5.17. The maximum Gasteiger partial charge on any atom is 0.410 e. The van der Waals surface area contributed by atoms with E-state index in [1.54, 1.807) is 11.1 Å². The second-order valence-electron chi connectivity index (χ2n) is 8.34. The van der Waals surface area contributed by atoms with Crippen molar-refractivity contribution in [1.29, 1.82) is 0 Å². The maximum atomic E-state index is 13.2. The normalized spacial score (nSPS) is 25.4. The largest absolute Gasteiger partial charge is 0.444 e. The summed E-state index contributed by atoms with van der Waals surface area (Å²) in [5.74, 6) is -0.0721. The van der Waals surface area contributed by atoms with Crippen molar-refractivity contribution in [2.75, 3.05) is 13.2 Å². The molecule has 2 bridgehead atoms. The number of ketones is 1. The zero-order valence-electron chi connectivity index (χ0n) is 15.9. The Hall–Kier alpha value is -2.41. The Kier molecular flexibility index (Phi) is 4.42. The van der Waals surface area contributed by atoms with Crippen molar-refractivity contribution >= 4 is 17.5 Å². The molecular formula is C20H25N3O4. The van der Waals surface area contributed by atoms with Crippen LogP contribution in [0.3, 0.4) is 0 Å². The van der Waals surface area contributed by atoms with Crippen LogP contribution in [-0.2, 0) is 9.47 Å². The highest BCUT2D eigenvalue weighted by Gasteiger charge is 2.45. The molecule has 0 spiro atoms. The molecule has 2 aliphatic heterocycles. The first kappa shape index (κ1) is 18.0. The van der Waals surface area contributed by atoms with Crippen LogP contribution < -0.4 is 0 Å². The van der Waals surface area contributed by atoms with Gasteiger partial charge in [-0.25, -0.2) is 9.78 Å². The number of morpholine rings is 1. The molecular weight excluding hydrogens is 346 g/mol. The molecule has 144 valence electrons. The second kappa shape index (κ2) is 6.64. The van der Waals surface area contributed by atoms with Gasteiger partial charge in [0.15, 0.2) is 5.78 Å². The fourth-order valence-corrected chi connectivity index (χ4v) is 4.07. The van der Waals surface area contributed by atoms with Crippen molar-refractivity contribution in [3.63, 3.8) is 0 Å². The third kappa shape index (κ3) is 3.43. The van der Waals surface area contributed by atoms with E-state index in [9.17, 15) is 9.59 Å². The predicted octanol–water partition coefficient (Wildman–Crippen LogP) is 2.93. The molecule has 2 unspecified atom stereocenters. The van der Waals surface area contributed by atoms with Gasteiger partial charge in [-0.15, -0.1) is 0 Å². The molecule has 2 saturated heterocycles. The Morgan fingerprint density at radius 2 is 1.89 bits per heavy atom. The van der Waals surface area contributed by atoms with Crippen molar-refractivity contribution in [2.45, 2.75) is 51.3 Å². The molecule has 2 aromatic rings. The zero-order chi connectivity index (χ0) is 19.2. The van der Waals surface area contributed by atoms with Gasteiger partial charge in [-0.3, -0.25) is 14.1 Å². The van der Waals surface area contributed by atoms with E-state index < -0.39 is 5.60 Å². The average Bonchev–Trinajstić information content (AvgIpc) is 3.02. The second-order valence-corrected chi connectivity index (χ2v) is 8.34. The average molecular weight is 371 g/mol. The Balaban J connectivity index is 1.54. The van der Waals surface area contributed by atoms with E-state index in [2.05, 4.69) is 4.98 Å². The standard InChI is InChI=1S/C20H25N3O4/c1-20(2,3)27-19(25)23-14-8-13(9-15(23)12-26-11-14)18(24)16-10-21-17-6-4-5-7-22(16)17/h4-7,10,13-15H,8-9,11-12H2,1-3H3. The van der Waals surface area contributed by atoms with Crippen LogP contribution >= 0.6 is 0 Å². The van der Waals surface area contributed by atoms with Gasteiger partial charge in [0, 0.05) is 12.1 Å². The van der Waals surface area contributed by atoms with Crippen LogP contribution in [0.15, 0.2) is 30.6 Å². The molecule has 2 aliphatic rings. The van der Waals surface area contributed by atoms with Gasteiger partial charge >= 0.3 is 6.09 Å². The lowest BCUT2D eigenvalue weighted by Crippen LogP contribution is -2.60. The van der Waals surface area contributed by atoms with Crippen LogP contribution in [0, 0.1) is 5.92 Å². The Labute approximate surface area is 158 Å². The van der Waals surface area contributed by atoms with Gasteiger partial charge in [0.05, 0.1) is 31.5 Å². The van der Waals surface area contributed by atoms with Gasteiger partial charge < -0.3 is 9.47 Å². The fraction of sp³-hybridized carbons (Fsp3) is 0.550. The number of fused-ring (bicyclic) bond motifs is 3. The highest BCUT2D eigenvalue weighted by molar-refractivity contribution is 5.97. The molecule has 2 atom stereocenters. The number of imidazole rings is 1. The number of carbonyl (C=O) groups excluding carboxylic acids is 2. The van der Waals surface area contributed by atoms with E-state index >= 15 is 0 Å². The molecule has 2 fully saturated rings. The van der Waals surface area contributed by atoms with Gasteiger partial charge in [0.1, 0.15) is 16.9 Å². The molecule has 0 N–H and O–H groups in total. The van der Waals surface area contributed by atoms with Crippen molar-refractivity contribution < 1.29 is 19.1 Å². The summed E-state index contributed by atoms with van der Waals surface area (Å²) in [5.41, 5.74) is 0.811. The molecule has 4 heterocycles. The summed E-state index contributed by atoms with van der Waals surface area (Å²) in [6, 6.07) is 5.39. The smallest absolute Gasteiger partial charge is 0.410 e. The summed E-state index contributed by atoms with van der Waals surface area (Å²) in [5, 5.41) is 0. The topological polar surface area (TPSA) is 73.1 Å². The minimum absolute atomic E-state index is 0.0782. The lowest BCUT2D eigenvalue weighted by atomic mass is 9.82. The minimum atomic E-state index is -0.546. The number of amides is 1. The maximum absolute atomic E-state index is 13.2. The van der Waals surface area contributed by atoms with Crippen LogP contribution in [0.5, 0.6) is 0 Å². The summed E-state index contributed by atoms with van der Waals surface area (Å²) < 4.78 is 13.1. The Bertz CT molecular complexity index is 855. The lowest BCUT2D eigenvalue weighted by Gasteiger charge is -2.47. The molecule has 0 aliphatic carbocycles. The van der Waals surface area contributed by atoms with Crippen LogP contribution in [0.1, 0.15) is 44.1 Å². The number of nitrogens with zero attached hydrogens (tertiary/aromatic N) is 3. The van der Waals surface area contributed by atoms with Crippen LogP contribution in [0.2, 0.25) is 0 Å². The third-order valence-electron chi connectivity index (χ3n) is 5.17. The van der Waals surface area contributed by atoms with Gasteiger partial charge in [0.25, 0.3) is 0 Å². The molecule has 0 aromatic carbocycles. The quantitative estimate of drug-likeness (QED) is 0.759. The monoisotopic (exact) mass is 371 g/mol. The Morgan fingerprint density at radius 3 is 2.56 bits per heavy atom. The van der Waals surface area contributed by atoms with Crippen LogP contribution in [0.25, 0.3) is 5.65 Å². The van der Waals surface area contributed by atoms with E-state index in [1.165, 1.54) is 0 Å². The first-order chi connectivity index (χ1) is 12.8. The van der Waals surface area contributed by atoms with Gasteiger partial charge in [0.2, 0.25) is 0 Å². The minimum Gasteiger partial charge on any atom is -0.444 e. The molecule has 2 aromatic heterocycles. The SMILES string of the molecule is CC(C)(C)OC(=O)N1C2COCC1CC(C(=O)c1cnc3ccccn13)C2. The number of rotatable bonds is 2. The zero-order valence-corrected chi connectivity index (χ0v) is 15.9. The molecule has 1 amide bonds. The Morgan fingerprint density at radius 1 is 1.19 bits per heavy atom. The van der Waals surface area contributed by atoms with Gasteiger partial charge in [-0.2, -0.15) is 0 Å². The van der Waals surface area contributed by atoms with Gasteiger partial charge in [-0.05, 0) is 45.7 Å². The summed E-state index contributed by atoms with van der Waals surface area (Å²) in [6.45, 7) is 6.45. The van der Waals surface area contributed by atoms with Crippen molar-refractivity contribution in [3.8, 4) is 0 Å². The molecule has 4 rings (SSSR count). The number of hydrogen-bond acceptors (Lipinski definition) is 5. The van der Waals surface area contributed by atoms with Crippen LogP contribution in [-0.4, -0.2) is 57.1 Å². The van der Waals surface area contributed by atoms with Gasteiger partial charge in [-0.1, -0.05) is 6.07 Å². The number of carbonyl (C=O) groups is 2. The highest BCUT2D eigenvalue weighted by Crippen LogP contribution is 2.34. The molecule has 0 saturated carbocycles. The highest BCUT2D eigenvalue weighted by atomic mass is 16.6. The van der Waals surface area contributed by atoms with Crippen molar-refractivity contribution in [1.82, 2.24) is 14.3 Å². The number of hydrogen-bond donors (Lipinski definition) is 0. The van der Waals surface area contributed by atoms with Crippen molar-refractivity contribution in [2.24, 2.45) is 5.92 Å². The first-order valence-electron chi connectivity index (χ1n) is 9.39. The molecule has 7 heteroatoms. The lowest BCUT2D eigenvalue weighted by molar-refractivity contribution is -0.0861. The fourth-order valence-electron chi connectivity index (χ4n) is 4.07. The van der Waals surface area contributed by atoms with E-state index in [0.29, 0.717) is 31.7 Å². The number of ether oxygens (including phenoxy) is 2. The molecule has 27 heavy (non-hydrogen) atoms. The summed E-state index contributed by atoms with van der Waals surface area (Å²) in [4.78, 5) is 31.9. The number of Topliss-reactive ketones (excluding diaryl/α,β-unsaturated/α-hetero) is 1. The van der Waals surface area contributed by atoms with Crippen molar-refractivity contribution in [3.05, 3.63) is 36.3 Å². The van der Waals surface area contributed by atoms with E-state index in [1.807, 2.05) is 49.6 Å². The summed E-state index contributed by atoms with van der Waals surface area (Å²) in [6.07, 6.45) is 4.34. The summed E-state index contributed by atoms with van der Waals surface area (Å²) >= 11 is 0. The number of piperidine rings is 1.